The Labute approximate surface area is 165 Å². The van der Waals surface area contributed by atoms with E-state index in [1.807, 2.05) is 17.0 Å². The van der Waals surface area contributed by atoms with Gasteiger partial charge in [0.1, 0.15) is 5.82 Å². The fourth-order valence-electron chi connectivity index (χ4n) is 3.35. The Kier molecular flexibility index (Phi) is 6.14. The van der Waals surface area contributed by atoms with Crippen molar-refractivity contribution in [1.82, 2.24) is 14.5 Å². The highest BCUT2D eigenvalue weighted by Gasteiger charge is 2.30. The molecule has 28 heavy (non-hydrogen) atoms. The van der Waals surface area contributed by atoms with Crippen molar-refractivity contribution >= 4 is 21.7 Å². The molecule has 9 heteroatoms. The zero-order chi connectivity index (χ0) is 20.3. The fourth-order valence-corrected chi connectivity index (χ4v) is 5.01. The Morgan fingerprint density at radius 3 is 2.29 bits per heavy atom. The molecule has 1 aromatic carbocycles. The predicted molar refractivity (Wildman–Crippen MR) is 108 cm³/mol. The summed E-state index contributed by atoms with van der Waals surface area (Å²) in [6, 6.07) is 7.71. The zero-order valence-corrected chi connectivity index (χ0v) is 17.3. The second-order valence-corrected chi connectivity index (χ2v) is 8.63. The summed E-state index contributed by atoms with van der Waals surface area (Å²) >= 11 is 0. The van der Waals surface area contributed by atoms with Gasteiger partial charge in [-0.3, -0.25) is 0 Å². The predicted octanol–water partition coefficient (Wildman–Crippen LogP) is 2.28. The van der Waals surface area contributed by atoms with Gasteiger partial charge in [-0.15, -0.1) is 10.2 Å². The summed E-state index contributed by atoms with van der Waals surface area (Å²) in [5.74, 6) is 1.01. The number of halogens is 1. The normalized spacial score (nSPS) is 15.6. The van der Waals surface area contributed by atoms with Crippen LogP contribution in [0.4, 0.5) is 16.0 Å². The lowest BCUT2D eigenvalue weighted by Crippen LogP contribution is -2.49. The molecule has 0 saturated carbocycles. The highest BCUT2D eigenvalue weighted by molar-refractivity contribution is 7.89. The molecule has 0 amide bonds. The van der Waals surface area contributed by atoms with Gasteiger partial charge in [-0.1, -0.05) is 6.07 Å². The molecule has 1 saturated heterocycles. The summed E-state index contributed by atoms with van der Waals surface area (Å²) < 4.78 is 40.8. The average molecular weight is 408 g/mol. The van der Waals surface area contributed by atoms with Crippen LogP contribution in [0.25, 0.3) is 0 Å². The highest BCUT2D eigenvalue weighted by Crippen LogP contribution is 2.23. The topological polar surface area (TPSA) is 69.6 Å². The first-order chi connectivity index (χ1) is 13.4. The van der Waals surface area contributed by atoms with Crippen molar-refractivity contribution in [2.45, 2.75) is 25.7 Å². The van der Waals surface area contributed by atoms with Crippen LogP contribution in [-0.4, -0.2) is 62.2 Å². The number of sulfonamides is 1. The smallest absolute Gasteiger partial charge is 0.243 e. The van der Waals surface area contributed by atoms with E-state index in [1.165, 1.54) is 16.4 Å². The van der Waals surface area contributed by atoms with Gasteiger partial charge in [-0.05, 0) is 50.6 Å². The molecule has 0 aliphatic carbocycles. The lowest BCUT2D eigenvalue weighted by atomic mass is 10.2. The number of nitrogens with zero attached hydrogens (tertiary/aromatic N) is 5. The number of hydrogen-bond acceptors (Lipinski definition) is 6. The van der Waals surface area contributed by atoms with E-state index in [-0.39, 0.29) is 4.90 Å². The minimum absolute atomic E-state index is 0.0318. The molecule has 0 atom stereocenters. The Bertz CT molecular complexity index is 908. The van der Waals surface area contributed by atoms with Gasteiger partial charge in [0, 0.05) is 39.3 Å². The summed E-state index contributed by atoms with van der Waals surface area (Å²) in [5.41, 5.74) is 0.543. The maximum absolute atomic E-state index is 13.6. The van der Waals surface area contributed by atoms with Crippen LogP contribution in [0.3, 0.4) is 0 Å². The first-order valence-corrected chi connectivity index (χ1v) is 10.9. The number of rotatable bonds is 6. The van der Waals surface area contributed by atoms with Crippen molar-refractivity contribution in [3.8, 4) is 0 Å². The standard InChI is InChI=1S/C19H26FN5O2S/c1-4-23(5-2)18-8-9-19(22-21-18)24-10-12-25(13-11-24)28(26,27)17-14-16(20)7-6-15(17)3/h6-9,14H,4-5,10-13H2,1-3H3. The van der Waals surface area contributed by atoms with E-state index in [0.29, 0.717) is 31.7 Å². The van der Waals surface area contributed by atoms with Crippen molar-refractivity contribution in [3.63, 3.8) is 0 Å². The molecule has 1 aromatic heterocycles. The van der Waals surface area contributed by atoms with Crippen molar-refractivity contribution in [1.29, 1.82) is 0 Å². The number of piperazine rings is 1. The number of anilines is 2. The molecule has 0 radical (unpaired) electrons. The third-order valence-corrected chi connectivity index (χ3v) is 7.10. The third kappa shape index (κ3) is 4.10. The Morgan fingerprint density at radius 1 is 1.04 bits per heavy atom. The minimum Gasteiger partial charge on any atom is -0.356 e. The van der Waals surface area contributed by atoms with Crippen LogP contribution in [0.5, 0.6) is 0 Å². The number of aromatic nitrogens is 2. The van der Waals surface area contributed by atoms with Crippen LogP contribution in [0.1, 0.15) is 19.4 Å². The van der Waals surface area contributed by atoms with E-state index >= 15 is 0 Å². The van der Waals surface area contributed by atoms with Gasteiger partial charge in [0.2, 0.25) is 10.0 Å². The first kappa shape index (κ1) is 20.5. The molecular weight excluding hydrogens is 381 g/mol. The van der Waals surface area contributed by atoms with Gasteiger partial charge >= 0.3 is 0 Å². The van der Waals surface area contributed by atoms with Crippen LogP contribution in [-0.2, 0) is 10.0 Å². The molecule has 1 fully saturated rings. The van der Waals surface area contributed by atoms with Gasteiger partial charge in [0.25, 0.3) is 0 Å². The fraction of sp³-hybridized carbons (Fsp3) is 0.474. The van der Waals surface area contributed by atoms with Gasteiger partial charge in [-0.25, -0.2) is 12.8 Å². The molecule has 0 spiro atoms. The Hall–Kier alpha value is -2.26. The molecular formula is C19H26FN5O2S. The average Bonchev–Trinajstić information content (AvgIpc) is 2.71. The second-order valence-electron chi connectivity index (χ2n) is 6.72. The molecule has 3 rings (SSSR count). The maximum atomic E-state index is 13.6. The number of hydrogen-bond donors (Lipinski definition) is 0. The molecule has 2 aromatic rings. The zero-order valence-electron chi connectivity index (χ0n) is 16.5. The summed E-state index contributed by atoms with van der Waals surface area (Å²) in [7, 11) is -3.72. The lowest BCUT2D eigenvalue weighted by molar-refractivity contribution is 0.383. The van der Waals surface area contributed by atoms with Gasteiger partial charge in [0.15, 0.2) is 11.6 Å². The molecule has 1 aliphatic heterocycles. The third-order valence-electron chi connectivity index (χ3n) is 5.05. The molecule has 7 nitrogen and oxygen atoms in total. The summed E-state index contributed by atoms with van der Waals surface area (Å²) in [6.07, 6.45) is 0. The second kappa shape index (κ2) is 8.40. The highest BCUT2D eigenvalue weighted by atomic mass is 32.2. The van der Waals surface area contributed by atoms with E-state index in [9.17, 15) is 12.8 Å². The van der Waals surface area contributed by atoms with E-state index < -0.39 is 15.8 Å². The summed E-state index contributed by atoms with van der Waals surface area (Å²) in [4.78, 5) is 4.16. The van der Waals surface area contributed by atoms with Gasteiger partial charge in [0.05, 0.1) is 4.90 Å². The Morgan fingerprint density at radius 2 is 1.71 bits per heavy atom. The molecule has 0 N–H and O–H groups in total. The Balaban J connectivity index is 1.69. The number of benzene rings is 1. The SMILES string of the molecule is CCN(CC)c1ccc(N2CCN(S(=O)(=O)c3cc(F)ccc3C)CC2)nn1. The van der Waals surface area contributed by atoms with Crippen LogP contribution in [0.15, 0.2) is 35.2 Å². The maximum Gasteiger partial charge on any atom is 0.243 e. The molecule has 2 heterocycles. The summed E-state index contributed by atoms with van der Waals surface area (Å²) in [5, 5.41) is 8.60. The summed E-state index contributed by atoms with van der Waals surface area (Å²) in [6.45, 7) is 9.18. The van der Waals surface area contributed by atoms with Crippen molar-refractivity contribution in [2.24, 2.45) is 0 Å². The minimum atomic E-state index is -3.72. The van der Waals surface area contributed by atoms with Gasteiger partial charge in [-0.2, -0.15) is 4.31 Å². The van der Waals surface area contributed by atoms with Crippen molar-refractivity contribution < 1.29 is 12.8 Å². The monoisotopic (exact) mass is 407 g/mol. The quantitative estimate of drug-likeness (QED) is 0.732. The van der Waals surface area contributed by atoms with Gasteiger partial charge < -0.3 is 9.80 Å². The van der Waals surface area contributed by atoms with Crippen molar-refractivity contribution in [2.75, 3.05) is 49.1 Å². The lowest BCUT2D eigenvalue weighted by Gasteiger charge is -2.34. The largest absolute Gasteiger partial charge is 0.356 e. The van der Waals surface area contributed by atoms with E-state index in [1.54, 1.807) is 6.92 Å². The molecule has 1 aliphatic rings. The molecule has 0 unspecified atom stereocenters. The molecule has 0 bridgehead atoms. The molecule has 152 valence electrons. The van der Waals surface area contributed by atoms with E-state index in [2.05, 4.69) is 28.9 Å². The number of aryl methyl sites for hydroxylation is 1. The van der Waals surface area contributed by atoms with Crippen LogP contribution < -0.4 is 9.80 Å². The van der Waals surface area contributed by atoms with E-state index in [4.69, 9.17) is 0 Å². The van der Waals surface area contributed by atoms with Crippen LogP contribution >= 0.6 is 0 Å². The van der Waals surface area contributed by atoms with E-state index in [0.717, 1.165) is 30.8 Å². The van der Waals surface area contributed by atoms with Crippen LogP contribution in [0, 0.1) is 12.7 Å². The first-order valence-electron chi connectivity index (χ1n) is 9.46. The van der Waals surface area contributed by atoms with Crippen LogP contribution in [0.2, 0.25) is 0 Å². The van der Waals surface area contributed by atoms with Crippen molar-refractivity contribution in [3.05, 3.63) is 41.7 Å².